The summed E-state index contributed by atoms with van der Waals surface area (Å²) in [6, 6.07) is 25.1. The van der Waals surface area contributed by atoms with Crippen molar-refractivity contribution in [2.75, 3.05) is 18.9 Å². The van der Waals surface area contributed by atoms with Crippen LogP contribution in [0.2, 0.25) is 0 Å². The van der Waals surface area contributed by atoms with Crippen LogP contribution >= 0.6 is 0 Å². The third-order valence-corrected chi connectivity index (χ3v) is 6.46. The zero-order valence-corrected chi connectivity index (χ0v) is 17.1. The molecule has 0 bridgehead atoms. The van der Waals surface area contributed by atoms with E-state index in [1.54, 1.807) is 18.2 Å². The van der Waals surface area contributed by atoms with E-state index in [0.717, 1.165) is 21.0 Å². The van der Waals surface area contributed by atoms with Gasteiger partial charge in [0.25, 0.3) is 0 Å². The van der Waals surface area contributed by atoms with E-state index in [-0.39, 0.29) is 11.4 Å². The Morgan fingerprint density at radius 2 is 1.53 bits per heavy atom. The zero-order chi connectivity index (χ0) is 21.1. The lowest BCUT2D eigenvalue weighted by atomic mass is 10.3. The topological polar surface area (TPSA) is 84.3 Å². The lowest BCUT2D eigenvalue weighted by Gasteiger charge is -2.17. The van der Waals surface area contributed by atoms with Gasteiger partial charge in [-0.05, 0) is 36.4 Å². The van der Waals surface area contributed by atoms with E-state index in [1.165, 1.54) is 19.2 Å². The van der Waals surface area contributed by atoms with Gasteiger partial charge in [0, 0.05) is 12.7 Å². The lowest BCUT2D eigenvalue weighted by molar-refractivity contribution is -0.116. The number of aromatic nitrogens is 2. The molecule has 0 saturated heterocycles. The number of nitrogens with one attached hydrogen (secondary N) is 1. The summed E-state index contributed by atoms with van der Waals surface area (Å²) >= 11 is 0. The van der Waals surface area contributed by atoms with E-state index >= 15 is 0 Å². The predicted octanol–water partition coefficient (Wildman–Crippen LogP) is 3.28. The second-order valence-electron chi connectivity index (χ2n) is 6.72. The number of para-hydroxylation sites is 3. The number of hydrogen-bond donors (Lipinski definition) is 1. The molecule has 0 radical (unpaired) electrons. The quantitative estimate of drug-likeness (QED) is 0.519. The molecule has 1 N–H and O–H groups in total. The third kappa shape index (κ3) is 3.83. The number of amides is 1. The molecule has 30 heavy (non-hydrogen) atoms. The van der Waals surface area contributed by atoms with Crippen molar-refractivity contribution in [3.63, 3.8) is 0 Å². The van der Waals surface area contributed by atoms with E-state index in [2.05, 4.69) is 10.3 Å². The lowest BCUT2D eigenvalue weighted by Crippen LogP contribution is -2.35. The number of carbonyl (C=O) groups is 1. The number of benzene rings is 3. The van der Waals surface area contributed by atoms with Gasteiger partial charge in [0.05, 0.1) is 22.5 Å². The van der Waals surface area contributed by atoms with Gasteiger partial charge in [-0.25, -0.2) is 13.4 Å². The first kappa shape index (κ1) is 19.8. The van der Waals surface area contributed by atoms with E-state index in [9.17, 15) is 13.2 Å². The molecule has 1 amide bonds. The van der Waals surface area contributed by atoms with Crippen molar-refractivity contribution in [3.05, 3.63) is 84.9 Å². The van der Waals surface area contributed by atoms with Crippen LogP contribution in [0.15, 0.2) is 89.8 Å². The minimum Gasteiger partial charge on any atom is -0.294 e. The molecular formula is C22H20N4O3S. The molecular weight excluding hydrogens is 400 g/mol. The highest BCUT2D eigenvalue weighted by Crippen LogP contribution is 2.24. The summed E-state index contributed by atoms with van der Waals surface area (Å²) in [5.41, 5.74) is 2.40. The van der Waals surface area contributed by atoms with E-state index in [4.69, 9.17) is 0 Å². The first-order chi connectivity index (χ1) is 14.5. The average Bonchev–Trinajstić information content (AvgIpc) is 3.12. The molecule has 152 valence electrons. The minimum atomic E-state index is -3.77. The Labute approximate surface area is 174 Å². The molecule has 0 unspecified atom stereocenters. The highest BCUT2D eigenvalue weighted by molar-refractivity contribution is 7.89. The molecule has 1 aromatic heterocycles. The van der Waals surface area contributed by atoms with Crippen molar-refractivity contribution >= 4 is 32.9 Å². The normalized spacial score (nSPS) is 11.7. The van der Waals surface area contributed by atoms with Crippen molar-refractivity contribution in [1.82, 2.24) is 13.9 Å². The summed E-state index contributed by atoms with van der Waals surface area (Å²) in [4.78, 5) is 17.3. The number of fused-ring (bicyclic) bond motifs is 1. The fourth-order valence-electron chi connectivity index (χ4n) is 3.17. The van der Waals surface area contributed by atoms with Crippen LogP contribution in [0.3, 0.4) is 0 Å². The molecule has 1 heterocycles. The van der Waals surface area contributed by atoms with E-state index in [1.807, 2.05) is 59.2 Å². The first-order valence-corrected chi connectivity index (χ1v) is 10.7. The second-order valence-corrected chi connectivity index (χ2v) is 8.76. The van der Waals surface area contributed by atoms with Crippen molar-refractivity contribution in [1.29, 1.82) is 0 Å². The Morgan fingerprint density at radius 1 is 0.933 bits per heavy atom. The smallest absolute Gasteiger partial charge is 0.243 e. The maximum Gasteiger partial charge on any atom is 0.243 e. The summed E-state index contributed by atoms with van der Waals surface area (Å²) in [5, 5.41) is 2.76. The summed E-state index contributed by atoms with van der Waals surface area (Å²) in [7, 11) is -2.39. The van der Waals surface area contributed by atoms with Gasteiger partial charge in [0.1, 0.15) is 0 Å². The standard InChI is InChI=1S/C22H20N4O3S/c1-25(30(28,29)18-12-6-3-7-13-18)16-21(27)24-22-23-19-14-8-9-15-20(19)26(22)17-10-4-2-5-11-17/h2-15H,16H2,1H3,(H,23,24,27). The number of imidazole rings is 1. The number of nitrogens with zero attached hydrogens (tertiary/aromatic N) is 3. The molecule has 0 aliphatic rings. The van der Waals surface area contributed by atoms with Crippen LogP contribution in [-0.4, -0.2) is 41.8 Å². The highest BCUT2D eigenvalue weighted by Gasteiger charge is 2.23. The summed E-state index contributed by atoms with van der Waals surface area (Å²) in [6.45, 7) is -0.338. The van der Waals surface area contributed by atoms with Gasteiger partial charge in [-0.3, -0.25) is 14.7 Å². The molecule has 4 rings (SSSR count). The van der Waals surface area contributed by atoms with Gasteiger partial charge in [0.2, 0.25) is 21.9 Å². The fraction of sp³-hybridized carbons (Fsp3) is 0.0909. The molecule has 0 aliphatic carbocycles. The predicted molar refractivity (Wildman–Crippen MR) is 116 cm³/mol. The van der Waals surface area contributed by atoms with Crippen molar-refractivity contribution in [2.24, 2.45) is 0 Å². The van der Waals surface area contributed by atoms with Crippen molar-refractivity contribution < 1.29 is 13.2 Å². The molecule has 7 nitrogen and oxygen atoms in total. The average molecular weight is 420 g/mol. The maximum absolute atomic E-state index is 12.7. The number of rotatable bonds is 6. The number of likely N-dealkylation sites (N-methyl/N-ethyl adjacent to an activating group) is 1. The first-order valence-electron chi connectivity index (χ1n) is 9.31. The van der Waals surface area contributed by atoms with Crippen LogP contribution in [0.1, 0.15) is 0 Å². The SMILES string of the molecule is CN(CC(=O)Nc1nc2ccccc2n1-c1ccccc1)S(=O)(=O)c1ccccc1. The molecule has 4 aromatic rings. The van der Waals surface area contributed by atoms with Gasteiger partial charge in [-0.2, -0.15) is 4.31 Å². The summed E-state index contributed by atoms with van der Waals surface area (Å²) in [6.07, 6.45) is 0. The fourth-order valence-corrected chi connectivity index (χ4v) is 4.32. The van der Waals surface area contributed by atoms with Gasteiger partial charge in [0.15, 0.2) is 0 Å². The van der Waals surface area contributed by atoms with Gasteiger partial charge in [-0.1, -0.05) is 48.5 Å². The Balaban J connectivity index is 1.61. The van der Waals surface area contributed by atoms with Crippen molar-refractivity contribution in [3.8, 4) is 5.69 Å². The number of sulfonamides is 1. The second kappa shape index (κ2) is 8.10. The number of hydrogen-bond acceptors (Lipinski definition) is 4. The Kier molecular flexibility index (Phi) is 5.35. The van der Waals surface area contributed by atoms with Crippen LogP contribution in [0.5, 0.6) is 0 Å². The van der Waals surface area contributed by atoms with E-state index < -0.39 is 15.9 Å². The number of carbonyl (C=O) groups excluding carboxylic acids is 1. The molecule has 0 spiro atoms. The highest BCUT2D eigenvalue weighted by atomic mass is 32.2. The van der Waals surface area contributed by atoms with Crippen LogP contribution in [0, 0.1) is 0 Å². The molecule has 0 saturated carbocycles. The van der Waals surface area contributed by atoms with Crippen LogP contribution in [0.4, 0.5) is 5.95 Å². The Morgan fingerprint density at radius 3 is 2.23 bits per heavy atom. The monoisotopic (exact) mass is 420 g/mol. The summed E-state index contributed by atoms with van der Waals surface area (Å²) < 4.78 is 28.2. The van der Waals surface area contributed by atoms with Gasteiger partial charge >= 0.3 is 0 Å². The summed E-state index contributed by atoms with van der Waals surface area (Å²) in [5.74, 6) is -0.151. The molecule has 0 fully saturated rings. The Hall–Kier alpha value is -3.49. The van der Waals surface area contributed by atoms with Crippen LogP contribution in [0.25, 0.3) is 16.7 Å². The molecule has 0 atom stereocenters. The number of anilines is 1. The molecule has 3 aromatic carbocycles. The van der Waals surface area contributed by atoms with Crippen molar-refractivity contribution in [2.45, 2.75) is 4.90 Å². The van der Waals surface area contributed by atoms with Gasteiger partial charge in [-0.15, -0.1) is 0 Å². The van der Waals surface area contributed by atoms with Crippen LogP contribution < -0.4 is 5.32 Å². The zero-order valence-electron chi connectivity index (χ0n) is 16.3. The third-order valence-electron chi connectivity index (χ3n) is 4.64. The Bertz CT molecular complexity index is 1290. The van der Waals surface area contributed by atoms with E-state index in [0.29, 0.717) is 5.95 Å². The van der Waals surface area contributed by atoms with Crippen LogP contribution in [-0.2, 0) is 14.8 Å². The largest absolute Gasteiger partial charge is 0.294 e. The molecule has 8 heteroatoms. The minimum absolute atomic E-state index is 0.136. The molecule has 0 aliphatic heterocycles. The maximum atomic E-state index is 12.7. The van der Waals surface area contributed by atoms with Gasteiger partial charge < -0.3 is 0 Å².